The number of thiocarbonyl (C=S) groups is 1. The zero-order valence-electron chi connectivity index (χ0n) is 23.4. The van der Waals surface area contributed by atoms with E-state index in [2.05, 4.69) is 10.3 Å². The van der Waals surface area contributed by atoms with Gasteiger partial charge >= 0.3 is 5.97 Å². The van der Waals surface area contributed by atoms with Crippen LogP contribution in [0.15, 0.2) is 64.4 Å². The van der Waals surface area contributed by atoms with Crippen LogP contribution in [0.2, 0.25) is 0 Å². The van der Waals surface area contributed by atoms with Gasteiger partial charge in [0.25, 0.3) is 11.5 Å². The second-order valence-electron chi connectivity index (χ2n) is 10.2. The third-order valence-electron chi connectivity index (χ3n) is 7.09. The lowest BCUT2D eigenvalue weighted by molar-refractivity contribution is -0.137. The van der Waals surface area contributed by atoms with Crippen LogP contribution in [0.25, 0.3) is 11.7 Å². The van der Waals surface area contributed by atoms with Crippen molar-refractivity contribution in [1.82, 2.24) is 14.3 Å². The lowest BCUT2D eigenvalue weighted by atomic mass is 10.1. The summed E-state index contributed by atoms with van der Waals surface area (Å²) in [6.45, 7) is 0.646. The van der Waals surface area contributed by atoms with E-state index >= 15 is 0 Å². The van der Waals surface area contributed by atoms with Crippen molar-refractivity contribution in [3.63, 3.8) is 0 Å². The molecule has 0 bridgehead atoms. The molecule has 1 aromatic carbocycles. The van der Waals surface area contributed by atoms with E-state index in [1.54, 1.807) is 35.4 Å². The van der Waals surface area contributed by atoms with Gasteiger partial charge in [0, 0.05) is 25.7 Å². The molecule has 1 fully saturated rings. The molecule has 3 N–H and O–H groups in total. The highest BCUT2D eigenvalue weighted by atomic mass is 32.2. The number of rotatable bonds is 16. The Morgan fingerprint density at radius 1 is 0.976 bits per heavy atom. The lowest BCUT2D eigenvalue weighted by Crippen LogP contribution is -2.29. The number of carbonyl (C=O) groups is 2. The summed E-state index contributed by atoms with van der Waals surface area (Å²) in [5.41, 5.74) is 1.08. The molecule has 222 valence electrons. The molecule has 11 heteroatoms. The smallest absolute Gasteiger partial charge is 0.303 e. The molecule has 2 aromatic heterocycles. The molecule has 0 saturated carbocycles. The fraction of sp³-hybridized carbons (Fsp3) is 0.387. The van der Waals surface area contributed by atoms with Gasteiger partial charge in [-0.3, -0.25) is 23.7 Å². The van der Waals surface area contributed by atoms with Crippen LogP contribution in [-0.2, 0) is 9.59 Å². The van der Waals surface area contributed by atoms with E-state index < -0.39 is 12.1 Å². The molecule has 0 aliphatic carbocycles. The van der Waals surface area contributed by atoms with Crippen molar-refractivity contribution in [2.24, 2.45) is 0 Å². The van der Waals surface area contributed by atoms with E-state index in [0.717, 1.165) is 56.9 Å². The number of benzene rings is 1. The van der Waals surface area contributed by atoms with E-state index in [1.165, 1.54) is 16.2 Å². The fourth-order valence-electron chi connectivity index (χ4n) is 4.78. The Kier molecular flexibility index (Phi) is 11.7. The van der Waals surface area contributed by atoms with E-state index in [-0.39, 0.29) is 35.8 Å². The normalized spacial score (nSPS) is 15.1. The molecule has 0 spiro atoms. The summed E-state index contributed by atoms with van der Waals surface area (Å²) in [5.74, 6) is -0.678. The number of aliphatic hydroxyl groups is 1. The summed E-state index contributed by atoms with van der Waals surface area (Å²) in [5, 5.41) is 22.5. The number of fused-ring (bicyclic) bond motifs is 1. The molecule has 1 unspecified atom stereocenters. The number of carboxylic acids is 1. The SMILES string of the molecule is O=C(O)CCCCCCCCCCN1C(=O)/C(=C\c2c(NCC(O)c3ccccc3)nc3ccccn3c2=O)SC1=S. The van der Waals surface area contributed by atoms with Crippen molar-refractivity contribution in [2.75, 3.05) is 18.4 Å². The predicted molar refractivity (Wildman–Crippen MR) is 170 cm³/mol. The Balaban J connectivity index is 1.39. The first-order chi connectivity index (χ1) is 20.3. The molecular weight excluding hydrogens is 572 g/mol. The predicted octanol–water partition coefficient (Wildman–Crippen LogP) is 5.64. The number of amides is 1. The number of pyridine rings is 1. The monoisotopic (exact) mass is 608 g/mol. The topological polar surface area (TPSA) is 124 Å². The van der Waals surface area contributed by atoms with E-state index in [4.69, 9.17) is 17.3 Å². The molecule has 1 saturated heterocycles. The lowest BCUT2D eigenvalue weighted by Gasteiger charge is -2.15. The fourth-order valence-corrected chi connectivity index (χ4v) is 6.07. The van der Waals surface area contributed by atoms with Crippen LogP contribution in [-0.4, -0.2) is 53.8 Å². The maximum absolute atomic E-state index is 13.5. The molecule has 42 heavy (non-hydrogen) atoms. The highest BCUT2D eigenvalue weighted by Crippen LogP contribution is 2.33. The second-order valence-corrected chi connectivity index (χ2v) is 11.9. The van der Waals surface area contributed by atoms with E-state index in [9.17, 15) is 19.5 Å². The van der Waals surface area contributed by atoms with Gasteiger partial charge in [0.2, 0.25) is 0 Å². The van der Waals surface area contributed by atoms with Crippen LogP contribution in [0.1, 0.15) is 75.0 Å². The van der Waals surface area contributed by atoms with Gasteiger partial charge in [0.05, 0.1) is 16.6 Å². The van der Waals surface area contributed by atoms with Crippen LogP contribution in [0.3, 0.4) is 0 Å². The maximum atomic E-state index is 13.5. The summed E-state index contributed by atoms with van der Waals surface area (Å²) < 4.78 is 1.89. The minimum absolute atomic E-state index is 0.129. The van der Waals surface area contributed by atoms with Crippen molar-refractivity contribution >= 4 is 57.7 Å². The third-order valence-corrected chi connectivity index (χ3v) is 8.47. The second kappa shape index (κ2) is 15.6. The van der Waals surface area contributed by atoms with Gasteiger partial charge in [-0.25, -0.2) is 4.98 Å². The van der Waals surface area contributed by atoms with Crippen molar-refractivity contribution in [3.8, 4) is 0 Å². The molecular formula is C31H36N4O5S2. The van der Waals surface area contributed by atoms with Crippen LogP contribution < -0.4 is 10.9 Å². The highest BCUT2D eigenvalue weighted by molar-refractivity contribution is 8.26. The molecule has 3 heterocycles. The summed E-state index contributed by atoms with van der Waals surface area (Å²) in [6, 6.07) is 14.5. The zero-order valence-corrected chi connectivity index (χ0v) is 25.0. The van der Waals surface area contributed by atoms with Gasteiger partial charge in [-0.1, -0.05) is 98.9 Å². The third kappa shape index (κ3) is 8.50. The summed E-state index contributed by atoms with van der Waals surface area (Å²) in [6.07, 6.45) is 10.3. The van der Waals surface area contributed by atoms with Gasteiger partial charge in [-0.15, -0.1) is 0 Å². The average molecular weight is 609 g/mol. The van der Waals surface area contributed by atoms with Crippen molar-refractivity contribution in [1.29, 1.82) is 0 Å². The molecule has 0 radical (unpaired) electrons. The quantitative estimate of drug-likeness (QED) is 0.108. The number of aliphatic hydroxyl groups excluding tert-OH is 1. The number of nitrogens with zero attached hydrogens (tertiary/aromatic N) is 3. The van der Waals surface area contributed by atoms with Crippen LogP contribution in [0.5, 0.6) is 0 Å². The number of hydrogen-bond acceptors (Lipinski definition) is 8. The number of unbranched alkanes of at least 4 members (excludes halogenated alkanes) is 7. The molecule has 1 aliphatic heterocycles. The first kappa shape index (κ1) is 31.4. The van der Waals surface area contributed by atoms with Gasteiger partial charge in [0.15, 0.2) is 0 Å². The van der Waals surface area contributed by atoms with Gasteiger partial charge in [-0.2, -0.15) is 0 Å². The molecule has 1 aliphatic rings. The van der Waals surface area contributed by atoms with Gasteiger partial charge in [0.1, 0.15) is 15.8 Å². The van der Waals surface area contributed by atoms with Crippen LogP contribution in [0, 0.1) is 0 Å². The van der Waals surface area contributed by atoms with Gasteiger partial charge in [-0.05, 0) is 36.6 Å². The number of anilines is 1. The number of thioether (sulfide) groups is 1. The first-order valence-electron chi connectivity index (χ1n) is 14.3. The van der Waals surface area contributed by atoms with Crippen molar-refractivity contribution in [2.45, 2.75) is 63.9 Å². The van der Waals surface area contributed by atoms with Gasteiger partial charge < -0.3 is 15.5 Å². The number of carbonyl (C=O) groups excluding carboxylic acids is 1. The summed E-state index contributed by atoms with van der Waals surface area (Å²) >= 11 is 6.69. The Bertz CT molecular complexity index is 1490. The first-order valence-corrected chi connectivity index (χ1v) is 15.5. The molecule has 1 amide bonds. The Morgan fingerprint density at radius 3 is 2.36 bits per heavy atom. The standard InChI is InChI=1S/C31H36N4O5S2/c36-24(22-14-8-7-9-15-22)21-32-28-23(29(39)34-18-13-11-16-26(34)33-28)20-25-30(40)35(31(41)42-25)19-12-6-4-2-1-3-5-10-17-27(37)38/h7-9,11,13-16,18,20,24,32,36H,1-6,10,12,17,19,21H2,(H,37,38)/b25-20+. The number of aliphatic carboxylic acids is 1. The Hall–Kier alpha value is -3.54. The summed E-state index contributed by atoms with van der Waals surface area (Å²) in [4.78, 5) is 43.9. The highest BCUT2D eigenvalue weighted by Gasteiger charge is 2.32. The van der Waals surface area contributed by atoms with Crippen LogP contribution in [0.4, 0.5) is 5.82 Å². The van der Waals surface area contributed by atoms with E-state index in [1.807, 2.05) is 30.3 Å². The number of hydrogen-bond donors (Lipinski definition) is 3. The van der Waals surface area contributed by atoms with E-state index in [0.29, 0.717) is 21.4 Å². The Morgan fingerprint density at radius 2 is 1.64 bits per heavy atom. The summed E-state index contributed by atoms with van der Waals surface area (Å²) in [7, 11) is 0. The molecule has 3 aromatic rings. The number of nitrogens with one attached hydrogen (secondary N) is 1. The molecule has 1 atom stereocenters. The molecule has 4 rings (SSSR count). The maximum Gasteiger partial charge on any atom is 0.303 e. The Labute approximate surface area is 254 Å². The van der Waals surface area contributed by atoms with Crippen LogP contribution >= 0.6 is 24.0 Å². The molecule has 9 nitrogen and oxygen atoms in total. The zero-order chi connectivity index (χ0) is 29.9. The number of aromatic nitrogens is 2. The minimum atomic E-state index is -0.815. The number of carboxylic acid groups (broad SMARTS) is 1. The van der Waals surface area contributed by atoms with Crippen molar-refractivity contribution in [3.05, 3.63) is 81.1 Å². The average Bonchev–Trinajstić information content (AvgIpc) is 3.26. The minimum Gasteiger partial charge on any atom is -0.481 e. The van der Waals surface area contributed by atoms with Crippen molar-refractivity contribution < 1.29 is 19.8 Å². The largest absolute Gasteiger partial charge is 0.481 e.